The van der Waals surface area contributed by atoms with Crippen LogP contribution in [-0.2, 0) is 6.54 Å². The smallest absolute Gasteiger partial charge is 0.187 e. The molecule has 134 valence electrons. The van der Waals surface area contributed by atoms with Gasteiger partial charge in [-0.1, -0.05) is 41.4 Å². The lowest BCUT2D eigenvalue weighted by Gasteiger charge is -2.16. The SMILES string of the molecule is COc1cccc(Cn2ccc(=O)c(C(O)c3c(Cl)cccc3Cl)c2)c1. The molecule has 0 fully saturated rings. The Morgan fingerprint density at radius 2 is 1.81 bits per heavy atom. The summed E-state index contributed by atoms with van der Waals surface area (Å²) in [6.07, 6.45) is 2.08. The summed E-state index contributed by atoms with van der Waals surface area (Å²) in [7, 11) is 1.61. The summed E-state index contributed by atoms with van der Waals surface area (Å²) in [6, 6.07) is 14.0. The molecule has 0 amide bonds. The van der Waals surface area contributed by atoms with E-state index in [4.69, 9.17) is 27.9 Å². The molecular formula is C20H17Cl2NO3. The van der Waals surface area contributed by atoms with E-state index in [9.17, 15) is 9.90 Å². The fraction of sp³-hybridized carbons (Fsp3) is 0.150. The van der Waals surface area contributed by atoms with Crippen LogP contribution in [0.25, 0.3) is 0 Å². The molecule has 3 aromatic rings. The topological polar surface area (TPSA) is 51.5 Å². The minimum atomic E-state index is -1.21. The van der Waals surface area contributed by atoms with E-state index >= 15 is 0 Å². The van der Waals surface area contributed by atoms with Crippen molar-refractivity contribution < 1.29 is 9.84 Å². The van der Waals surface area contributed by atoms with Crippen LogP contribution in [0, 0.1) is 0 Å². The number of rotatable bonds is 5. The average molecular weight is 390 g/mol. The van der Waals surface area contributed by atoms with Crippen molar-refractivity contribution in [3.8, 4) is 5.75 Å². The van der Waals surface area contributed by atoms with E-state index in [1.807, 2.05) is 28.8 Å². The van der Waals surface area contributed by atoms with Gasteiger partial charge in [-0.2, -0.15) is 0 Å². The van der Waals surface area contributed by atoms with Gasteiger partial charge in [0.2, 0.25) is 0 Å². The molecular weight excluding hydrogens is 373 g/mol. The van der Waals surface area contributed by atoms with Crippen LogP contribution in [0.1, 0.15) is 22.8 Å². The summed E-state index contributed by atoms with van der Waals surface area (Å²) in [5, 5.41) is 11.3. The number of halogens is 2. The maximum Gasteiger partial charge on any atom is 0.187 e. The monoisotopic (exact) mass is 389 g/mol. The molecule has 4 nitrogen and oxygen atoms in total. The van der Waals surface area contributed by atoms with E-state index < -0.39 is 6.10 Å². The zero-order valence-corrected chi connectivity index (χ0v) is 15.5. The number of hydrogen-bond donors (Lipinski definition) is 1. The Kier molecular flexibility index (Phi) is 5.67. The third-order valence-electron chi connectivity index (χ3n) is 4.07. The van der Waals surface area contributed by atoms with Crippen molar-refractivity contribution in [2.75, 3.05) is 7.11 Å². The van der Waals surface area contributed by atoms with Gasteiger partial charge in [-0.15, -0.1) is 0 Å². The Balaban J connectivity index is 1.96. The fourth-order valence-corrected chi connectivity index (χ4v) is 3.36. The zero-order chi connectivity index (χ0) is 18.7. The molecule has 1 aromatic heterocycles. The summed E-state index contributed by atoms with van der Waals surface area (Å²) in [4.78, 5) is 12.3. The van der Waals surface area contributed by atoms with Gasteiger partial charge >= 0.3 is 0 Å². The summed E-state index contributed by atoms with van der Waals surface area (Å²) < 4.78 is 7.05. The first-order valence-electron chi connectivity index (χ1n) is 7.94. The predicted octanol–water partition coefficient (Wildman–Crippen LogP) is 4.29. The van der Waals surface area contributed by atoms with Crippen LogP contribution < -0.4 is 10.2 Å². The van der Waals surface area contributed by atoms with Gasteiger partial charge in [0.15, 0.2) is 5.43 Å². The van der Waals surface area contributed by atoms with Gasteiger partial charge in [0.25, 0.3) is 0 Å². The molecule has 3 rings (SSSR count). The second-order valence-electron chi connectivity index (χ2n) is 5.83. The molecule has 26 heavy (non-hydrogen) atoms. The number of hydrogen-bond acceptors (Lipinski definition) is 3. The molecule has 0 saturated carbocycles. The second kappa shape index (κ2) is 7.96. The maximum atomic E-state index is 12.3. The Labute approximate surface area is 161 Å². The van der Waals surface area contributed by atoms with Gasteiger partial charge in [-0.3, -0.25) is 4.79 Å². The number of benzene rings is 2. The summed E-state index contributed by atoms with van der Waals surface area (Å²) in [5.74, 6) is 0.756. The molecule has 1 N–H and O–H groups in total. The van der Waals surface area contributed by atoms with Gasteiger partial charge in [-0.25, -0.2) is 0 Å². The third kappa shape index (κ3) is 3.93. The molecule has 0 radical (unpaired) electrons. The standard InChI is InChI=1S/C20H17Cl2NO3/c1-26-14-5-2-4-13(10-14)11-23-9-8-18(24)15(12-23)20(25)19-16(21)6-3-7-17(19)22/h2-10,12,20,25H,11H2,1H3. The lowest BCUT2D eigenvalue weighted by Crippen LogP contribution is -2.17. The minimum absolute atomic E-state index is 0.213. The largest absolute Gasteiger partial charge is 0.497 e. The molecule has 1 heterocycles. The van der Waals surface area contributed by atoms with Gasteiger partial charge in [0.1, 0.15) is 11.9 Å². The first kappa shape index (κ1) is 18.5. The highest BCUT2D eigenvalue weighted by Gasteiger charge is 2.20. The van der Waals surface area contributed by atoms with Crippen molar-refractivity contribution in [1.82, 2.24) is 4.57 Å². The molecule has 0 saturated heterocycles. The lowest BCUT2D eigenvalue weighted by molar-refractivity contribution is 0.218. The molecule has 0 aliphatic rings. The van der Waals surface area contributed by atoms with E-state index in [0.717, 1.165) is 11.3 Å². The highest BCUT2D eigenvalue weighted by atomic mass is 35.5. The number of pyridine rings is 1. The van der Waals surface area contributed by atoms with E-state index in [0.29, 0.717) is 22.2 Å². The summed E-state index contributed by atoms with van der Waals surface area (Å²) in [6.45, 7) is 0.521. The number of aliphatic hydroxyl groups is 1. The number of ether oxygens (including phenoxy) is 1. The highest BCUT2D eigenvalue weighted by molar-refractivity contribution is 6.36. The number of nitrogens with zero attached hydrogens (tertiary/aromatic N) is 1. The normalized spacial score (nSPS) is 12.0. The third-order valence-corrected chi connectivity index (χ3v) is 4.73. The molecule has 1 atom stereocenters. The summed E-state index contributed by atoms with van der Waals surface area (Å²) in [5.41, 5.74) is 1.26. The Morgan fingerprint density at radius 1 is 1.12 bits per heavy atom. The maximum absolute atomic E-state index is 12.3. The van der Waals surface area contributed by atoms with Gasteiger partial charge in [-0.05, 0) is 29.8 Å². The second-order valence-corrected chi connectivity index (χ2v) is 6.64. The molecule has 2 aromatic carbocycles. The van der Waals surface area contributed by atoms with Crippen molar-refractivity contribution in [1.29, 1.82) is 0 Å². The van der Waals surface area contributed by atoms with Crippen molar-refractivity contribution in [2.24, 2.45) is 0 Å². The van der Waals surface area contributed by atoms with Crippen LogP contribution in [0.4, 0.5) is 0 Å². The van der Waals surface area contributed by atoms with E-state index in [1.54, 1.807) is 37.7 Å². The fourth-order valence-electron chi connectivity index (χ4n) is 2.76. The first-order chi connectivity index (χ1) is 12.5. The molecule has 0 bridgehead atoms. The molecule has 1 unspecified atom stereocenters. The summed E-state index contributed by atoms with van der Waals surface area (Å²) >= 11 is 12.3. The average Bonchev–Trinajstić information content (AvgIpc) is 2.63. The van der Waals surface area contributed by atoms with Gasteiger partial charge < -0.3 is 14.4 Å². The van der Waals surface area contributed by atoms with E-state index in [2.05, 4.69) is 0 Å². The molecule has 0 spiro atoms. The van der Waals surface area contributed by atoms with E-state index in [-0.39, 0.29) is 11.0 Å². The number of aromatic nitrogens is 1. The van der Waals surface area contributed by atoms with Crippen LogP contribution in [0.2, 0.25) is 10.0 Å². The van der Waals surface area contributed by atoms with Crippen molar-refractivity contribution in [3.05, 3.63) is 97.9 Å². The minimum Gasteiger partial charge on any atom is -0.497 e. The Bertz CT molecular complexity index is 965. The Morgan fingerprint density at radius 3 is 2.50 bits per heavy atom. The number of methoxy groups -OCH3 is 1. The Hall–Kier alpha value is -2.27. The van der Waals surface area contributed by atoms with Crippen LogP contribution in [0.15, 0.2) is 65.7 Å². The zero-order valence-electron chi connectivity index (χ0n) is 14.0. The predicted molar refractivity (Wildman–Crippen MR) is 103 cm³/mol. The quantitative estimate of drug-likeness (QED) is 0.707. The van der Waals surface area contributed by atoms with E-state index in [1.165, 1.54) is 6.07 Å². The van der Waals surface area contributed by atoms with Gasteiger partial charge in [0.05, 0.1) is 7.11 Å². The van der Waals surface area contributed by atoms with Crippen molar-refractivity contribution in [3.63, 3.8) is 0 Å². The van der Waals surface area contributed by atoms with Crippen LogP contribution >= 0.6 is 23.2 Å². The van der Waals surface area contributed by atoms with Crippen molar-refractivity contribution in [2.45, 2.75) is 12.6 Å². The first-order valence-corrected chi connectivity index (χ1v) is 8.70. The number of aliphatic hydroxyl groups excluding tert-OH is 1. The molecule has 6 heteroatoms. The molecule has 0 aliphatic heterocycles. The van der Waals surface area contributed by atoms with Crippen LogP contribution in [0.3, 0.4) is 0 Å². The lowest BCUT2D eigenvalue weighted by atomic mass is 10.0. The van der Waals surface area contributed by atoms with Gasteiger partial charge in [0, 0.05) is 46.2 Å². The van der Waals surface area contributed by atoms with Crippen molar-refractivity contribution >= 4 is 23.2 Å². The van der Waals surface area contributed by atoms with Crippen LogP contribution in [0.5, 0.6) is 5.75 Å². The molecule has 0 aliphatic carbocycles. The highest BCUT2D eigenvalue weighted by Crippen LogP contribution is 2.32. The van der Waals surface area contributed by atoms with Crippen LogP contribution in [-0.4, -0.2) is 16.8 Å².